The standard InChI is InChI=1S/C14H23N5O3.HI/c1-11(10-22-3)18-14(15-2)17-9-8-16-12-4-6-13(7-5-12)19(20)21;/h4-7,11,16H,8-10H2,1-3H3,(H2,15,17,18);1H. The van der Waals surface area contributed by atoms with Crippen molar-refractivity contribution in [1.29, 1.82) is 0 Å². The van der Waals surface area contributed by atoms with E-state index in [1.807, 2.05) is 6.92 Å². The molecule has 0 bridgehead atoms. The molecule has 1 aromatic carbocycles. The van der Waals surface area contributed by atoms with Gasteiger partial charge >= 0.3 is 0 Å². The van der Waals surface area contributed by atoms with E-state index in [1.165, 1.54) is 12.1 Å². The van der Waals surface area contributed by atoms with E-state index in [-0.39, 0.29) is 35.7 Å². The highest BCUT2D eigenvalue weighted by atomic mass is 127. The fourth-order valence-corrected chi connectivity index (χ4v) is 1.81. The van der Waals surface area contributed by atoms with Gasteiger partial charge in [0.25, 0.3) is 5.69 Å². The van der Waals surface area contributed by atoms with E-state index in [2.05, 4.69) is 20.9 Å². The molecule has 0 aliphatic heterocycles. The number of ether oxygens (including phenoxy) is 1. The van der Waals surface area contributed by atoms with Gasteiger partial charge in [-0.2, -0.15) is 0 Å². The van der Waals surface area contributed by atoms with Crippen LogP contribution in [0.5, 0.6) is 0 Å². The first-order valence-electron chi connectivity index (χ1n) is 7.01. The predicted octanol–water partition coefficient (Wildman–Crippen LogP) is 1.82. The molecule has 8 nitrogen and oxygen atoms in total. The van der Waals surface area contributed by atoms with Crippen LogP contribution in [0.4, 0.5) is 11.4 Å². The Morgan fingerprint density at radius 3 is 2.52 bits per heavy atom. The molecular formula is C14H24IN5O3. The SMILES string of the molecule is CN=C(NCCNc1ccc([N+](=O)[O-])cc1)NC(C)COC.I. The molecule has 1 unspecified atom stereocenters. The second kappa shape index (κ2) is 11.9. The normalized spacial score (nSPS) is 12.0. The highest BCUT2D eigenvalue weighted by Gasteiger charge is 2.05. The summed E-state index contributed by atoms with van der Waals surface area (Å²) < 4.78 is 5.05. The maximum atomic E-state index is 10.6. The third-order valence-corrected chi connectivity index (χ3v) is 2.85. The van der Waals surface area contributed by atoms with Gasteiger partial charge in [0, 0.05) is 51.1 Å². The van der Waals surface area contributed by atoms with Crippen LogP contribution < -0.4 is 16.0 Å². The smallest absolute Gasteiger partial charge is 0.269 e. The van der Waals surface area contributed by atoms with Crippen molar-refractivity contribution < 1.29 is 9.66 Å². The van der Waals surface area contributed by atoms with Crippen molar-refractivity contribution in [2.75, 3.05) is 39.2 Å². The molecule has 0 amide bonds. The molecule has 0 heterocycles. The highest BCUT2D eigenvalue weighted by molar-refractivity contribution is 14.0. The lowest BCUT2D eigenvalue weighted by Crippen LogP contribution is -2.45. The number of non-ortho nitro benzene ring substituents is 1. The number of nitrogens with zero attached hydrogens (tertiary/aromatic N) is 2. The van der Waals surface area contributed by atoms with Crippen molar-refractivity contribution in [3.05, 3.63) is 34.4 Å². The van der Waals surface area contributed by atoms with E-state index in [0.29, 0.717) is 25.7 Å². The number of nitrogens with one attached hydrogen (secondary N) is 3. The van der Waals surface area contributed by atoms with Gasteiger partial charge in [-0.15, -0.1) is 24.0 Å². The minimum absolute atomic E-state index is 0. The summed E-state index contributed by atoms with van der Waals surface area (Å²) in [6.07, 6.45) is 0. The topological polar surface area (TPSA) is 101 Å². The molecule has 23 heavy (non-hydrogen) atoms. The van der Waals surface area contributed by atoms with Gasteiger partial charge in [-0.1, -0.05) is 0 Å². The number of nitro benzene ring substituents is 1. The van der Waals surface area contributed by atoms with Crippen molar-refractivity contribution in [2.24, 2.45) is 4.99 Å². The molecule has 0 fully saturated rings. The molecule has 0 aliphatic rings. The minimum Gasteiger partial charge on any atom is -0.383 e. The molecule has 0 saturated carbocycles. The average molecular weight is 437 g/mol. The summed E-state index contributed by atoms with van der Waals surface area (Å²) in [4.78, 5) is 14.3. The maximum Gasteiger partial charge on any atom is 0.269 e. The van der Waals surface area contributed by atoms with Crippen LogP contribution in [0.15, 0.2) is 29.3 Å². The largest absolute Gasteiger partial charge is 0.383 e. The van der Waals surface area contributed by atoms with Crippen molar-refractivity contribution in [3.8, 4) is 0 Å². The number of hydrogen-bond acceptors (Lipinski definition) is 5. The molecule has 130 valence electrons. The molecule has 0 radical (unpaired) electrons. The van der Waals surface area contributed by atoms with Crippen LogP contribution in [-0.4, -0.2) is 50.8 Å². The van der Waals surface area contributed by atoms with Gasteiger partial charge in [-0.05, 0) is 19.1 Å². The Labute approximate surface area is 153 Å². The summed E-state index contributed by atoms with van der Waals surface area (Å²) >= 11 is 0. The number of halogens is 1. The maximum absolute atomic E-state index is 10.6. The predicted molar refractivity (Wildman–Crippen MR) is 103 cm³/mol. The molecule has 3 N–H and O–H groups in total. The lowest BCUT2D eigenvalue weighted by molar-refractivity contribution is -0.384. The zero-order chi connectivity index (χ0) is 16.4. The van der Waals surface area contributed by atoms with E-state index >= 15 is 0 Å². The van der Waals surface area contributed by atoms with E-state index < -0.39 is 4.92 Å². The molecule has 0 spiro atoms. The number of benzene rings is 1. The van der Waals surface area contributed by atoms with E-state index in [9.17, 15) is 10.1 Å². The van der Waals surface area contributed by atoms with Crippen molar-refractivity contribution in [1.82, 2.24) is 10.6 Å². The third kappa shape index (κ3) is 8.55. The lowest BCUT2D eigenvalue weighted by atomic mass is 10.3. The average Bonchev–Trinajstić information content (AvgIpc) is 2.51. The summed E-state index contributed by atoms with van der Waals surface area (Å²) in [6, 6.07) is 6.49. The first-order valence-corrected chi connectivity index (χ1v) is 7.01. The quantitative estimate of drug-likeness (QED) is 0.143. The first-order chi connectivity index (χ1) is 10.6. The Bertz CT molecular complexity index is 496. The molecule has 1 rings (SSSR count). The van der Waals surface area contributed by atoms with Crippen molar-refractivity contribution in [2.45, 2.75) is 13.0 Å². The van der Waals surface area contributed by atoms with Gasteiger partial charge in [-0.25, -0.2) is 0 Å². The summed E-state index contributed by atoms with van der Waals surface area (Å²) in [5.74, 6) is 0.704. The summed E-state index contributed by atoms with van der Waals surface area (Å²) in [7, 11) is 3.36. The Morgan fingerprint density at radius 1 is 1.35 bits per heavy atom. The number of anilines is 1. The van der Waals surface area contributed by atoms with E-state index in [1.54, 1.807) is 26.3 Å². The number of hydrogen-bond donors (Lipinski definition) is 3. The highest BCUT2D eigenvalue weighted by Crippen LogP contribution is 2.14. The van der Waals surface area contributed by atoms with Gasteiger partial charge in [0.2, 0.25) is 0 Å². The Hall–Kier alpha value is -1.62. The Morgan fingerprint density at radius 2 is 2.00 bits per heavy atom. The Balaban J connectivity index is 0.00000484. The van der Waals surface area contributed by atoms with E-state index in [4.69, 9.17) is 4.74 Å². The van der Waals surface area contributed by atoms with Crippen LogP contribution in [0.3, 0.4) is 0 Å². The number of aliphatic imine (C=N–C) groups is 1. The Kier molecular flexibility index (Phi) is 11.0. The van der Waals surface area contributed by atoms with Gasteiger partial charge in [0.15, 0.2) is 5.96 Å². The number of methoxy groups -OCH3 is 1. The molecule has 1 atom stereocenters. The number of rotatable bonds is 8. The zero-order valence-corrected chi connectivity index (χ0v) is 15.9. The summed E-state index contributed by atoms with van der Waals surface area (Å²) in [5, 5.41) is 20.1. The fourth-order valence-electron chi connectivity index (χ4n) is 1.81. The van der Waals surface area contributed by atoms with Gasteiger partial charge in [-0.3, -0.25) is 15.1 Å². The molecule has 0 aromatic heterocycles. The second-order valence-electron chi connectivity index (χ2n) is 4.73. The molecule has 1 aromatic rings. The van der Waals surface area contributed by atoms with Crippen LogP contribution in [0.2, 0.25) is 0 Å². The zero-order valence-electron chi connectivity index (χ0n) is 13.5. The van der Waals surface area contributed by atoms with Crippen LogP contribution in [0, 0.1) is 10.1 Å². The van der Waals surface area contributed by atoms with Crippen LogP contribution in [0.25, 0.3) is 0 Å². The van der Waals surface area contributed by atoms with Gasteiger partial charge in [0.1, 0.15) is 0 Å². The number of nitro groups is 1. The van der Waals surface area contributed by atoms with Crippen LogP contribution in [-0.2, 0) is 4.74 Å². The molecule has 0 aliphatic carbocycles. The first kappa shape index (κ1) is 21.4. The van der Waals surface area contributed by atoms with Crippen LogP contribution in [0.1, 0.15) is 6.92 Å². The number of guanidine groups is 1. The molecule has 9 heteroatoms. The second-order valence-corrected chi connectivity index (χ2v) is 4.73. The molecular weight excluding hydrogens is 413 g/mol. The van der Waals surface area contributed by atoms with Crippen molar-refractivity contribution in [3.63, 3.8) is 0 Å². The lowest BCUT2D eigenvalue weighted by Gasteiger charge is -2.17. The molecule has 0 saturated heterocycles. The summed E-state index contributed by atoms with van der Waals surface area (Å²) in [6.45, 7) is 3.93. The van der Waals surface area contributed by atoms with Crippen LogP contribution >= 0.6 is 24.0 Å². The van der Waals surface area contributed by atoms with E-state index in [0.717, 1.165) is 5.69 Å². The monoisotopic (exact) mass is 437 g/mol. The minimum atomic E-state index is -0.415. The van der Waals surface area contributed by atoms with Gasteiger partial charge in [0.05, 0.1) is 11.5 Å². The van der Waals surface area contributed by atoms with Crippen molar-refractivity contribution >= 4 is 41.3 Å². The van der Waals surface area contributed by atoms with Gasteiger partial charge < -0.3 is 20.7 Å². The third-order valence-electron chi connectivity index (χ3n) is 2.85. The fraction of sp³-hybridized carbons (Fsp3) is 0.500. The summed E-state index contributed by atoms with van der Waals surface area (Å²) in [5.41, 5.74) is 0.920.